The zero-order valence-corrected chi connectivity index (χ0v) is 19.5. The molecular formula is C27H44O3. The molecule has 4 rings (SSSR count). The van der Waals surface area contributed by atoms with Crippen LogP contribution in [0.3, 0.4) is 0 Å². The van der Waals surface area contributed by atoms with E-state index in [4.69, 9.17) is 5.11 Å². The highest BCUT2D eigenvalue weighted by molar-refractivity contribution is 5.85. The molecule has 0 aromatic carbocycles. The second kappa shape index (κ2) is 8.26. The number of carboxylic acid groups (broad SMARTS) is 1. The van der Waals surface area contributed by atoms with Gasteiger partial charge in [0.2, 0.25) is 0 Å². The second-order valence-corrected chi connectivity index (χ2v) is 12.0. The SMILES string of the molecule is C=C(CCC[C@@H](C)[C@H]1CC[C@H]2[C@@H]3[C@H](O)CC4CCCC[C@]4(C)[C@H]3CC[C@]12C)C(=O)O. The van der Waals surface area contributed by atoms with Gasteiger partial charge in [0.05, 0.1) is 6.10 Å². The average molecular weight is 417 g/mol. The van der Waals surface area contributed by atoms with Crippen molar-refractivity contribution < 1.29 is 15.0 Å². The lowest BCUT2D eigenvalue weighted by Crippen LogP contribution is -2.57. The third kappa shape index (κ3) is 3.57. The molecule has 4 aliphatic rings. The quantitative estimate of drug-likeness (QED) is 0.489. The Morgan fingerprint density at radius 2 is 1.80 bits per heavy atom. The topological polar surface area (TPSA) is 57.5 Å². The van der Waals surface area contributed by atoms with Gasteiger partial charge in [0.1, 0.15) is 0 Å². The number of hydrogen-bond acceptors (Lipinski definition) is 2. The van der Waals surface area contributed by atoms with Crippen molar-refractivity contribution >= 4 is 5.97 Å². The molecule has 0 aromatic rings. The van der Waals surface area contributed by atoms with Crippen molar-refractivity contribution in [2.75, 3.05) is 0 Å². The first-order chi connectivity index (χ1) is 14.2. The maximum atomic E-state index is 11.3. The van der Waals surface area contributed by atoms with Crippen LogP contribution in [-0.4, -0.2) is 22.3 Å². The summed E-state index contributed by atoms with van der Waals surface area (Å²) in [5, 5.41) is 20.4. The fourth-order valence-electron chi connectivity index (χ4n) is 9.18. The van der Waals surface area contributed by atoms with E-state index in [1.807, 2.05) is 0 Å². The molecule has 0 amide bonds. The Labute approximate surface area is 183 Å². The first kappa shape index (κ1) is 22.4. The molecule has 3 nitrogen and oxygen atoms in total. The molecule has 4 saturated carbocycles. The van der Waals surface area contributed by atoms with Gasteiger partial charge in [-0.15, -0.1) is 0 Å². The van der Waals surface area contributed by atoms with Gasteiger partial charge in [-0.25, -0.2) is 4.79 Å². The third-order valence-electron chi connectivity index (χ3n) is 10.8. The van der Waals surface area contributed by atoms with Crippen LogP contribution in [0.15, 0.2) is 12.2 Å². The summed E-state index contributed by atoms with van der Waals surface area (Å²) in [4.78, 5) is 11.0. The Hall–Kier alpha value is -0.830. The highest BCUT2D eigenvalue weighted by Crippen LogP contribution is 2.68. The number of fused-ring (bicyclic) bond motifs is 5. The largest absolute Gasteiger partial charge is 0.478 e. The molecule has 0 radical (unpaired) electrons. The minimum atomic E-state index is -0.852. The van der Waals surface area contributed by atoms with Crippen molar-refractivity contribution in [2.24, 2.45) is 46.3 Å². The van der Waals surface area contributed by atoms with Gasteiger partial charge in [0.15, 0.2) is 0 Å². The second-order valence-electron chi connectivity index (χ2n) is 12.0. The normalized spacial score (nSPS) is 46.4. The predicted octanol–water partition coefficient (Wildman–Crippen LogP) is 6.45. The minimum Gasteiger partial charge on any atom is -0.478 e. The predicted molar refractivity (Wildman–Crippen MR) is 121 cm³/mol. The van der Waals surface area contributed by atoms with Crippen LogP contribution in [0.5, 0.6) is 0 Å². The van der Waals surface area contributed by atoms with E-state index >= 15 is 0 Å². The maximum Gasteiger partial charge on any atom is 0.330 e. The van der Waals surface area contributed by atoms with E-state index in [0.717, 1.165) is 31.1 Å². The van der Waals surface area contributed by atoms with Crippen LogP contribution in [-0.2, 0) is 4.79 Å². The summed E-state index contributed by atoms with van der Waals surface area (Å²) in [7, 11) is 0. The smallest absolute Gasteiger partial charge is 0.330 e. The van der Waals surface area contributed by atoms with Crippen LogP contribution in [0.4, 0.5) is 0 Å². The third-order valence-corrected chi connectivity index (χ3v) is 10.8. The molecule has 4 aliphatic carbocycles. The first-order valence-electron chi connectivity index (χ1n) is 12.8. The number of rotatable bonds is 6. The van der Waals surface area contributed by atoms with E-state index in [9.17, 15) is 9.90 Å². The molecule has 9 atom stereocenters. The molecule has 0 aliphatic heterocycles. The molecule has 0 saturated heterocycles. The standard InChI is InChI=1S/C27H44O3/c1-17(8-7-9-18(2)25(29)30)20-11-12-21-24-22(13-15-27(20,21)4)26(3)14-6-5-10-19(26)16-23(24)28/h17,19-24,28H,2,5-16H2,1,3-4H3,(H,29,30)/t17-,19?,20-,21+,22+,23-,24+,26+,27-/m1/s1. The van der Waals surface area contributed by atoms with E-state index in [0.29, 0.717) is 46.5 Å². The molecule has 0 spiro atoms. The molecule has 1 unspecified atom stereocenters. The zero-order valence-electron chi connectivity index (χ0n) is 19.5. The molecule has 0 bridgehead atoms. The van der Waals surface area contributed by atoms with E-state index < -0.39 is 5.97 Å². The Morgan fingerprint density at radius 1 is 1.07 bits per heavy atom. The molecule has 4 fully saturated rings. The van der Waals surface area contributed by atoms with Gasteiger partial charge in [-0.2, -0.15) is 0 Å². The van der Waals surface area contributed by atoms with Crippen molar-refractivity contribution in [3.05, 3.63) is 12.2 Å². The Bertz CT molecular complexity index is 671. The lowest BCUT2D eigenvalue weighted by molar-refractivity contribution is -0.164. The fraction of sp³-hybridized carbons (Fsp3) is 0.889. The van der Waals surface area contributed by atoms with Crippen LogP contribution >= 0.6 is 0 Å². The summed E-state index contributed by atoms with van der Waals surface area (Å²) in [6.45, 7) is 11.2. The molecule has 3 heteroatoms. The summed E-state index contributed by atoms with van der Waals surface area (Å²) in [5.74, 6) is 3.12. The van der Waals surface area contributed by atoms with Gasteiger partial charge in [-0.05, 0) is 104 Å². The minimum absolute atomic E-state index is 0.0938. The Kier molecular flexibility index (Phi) is 6.16. The van der Waals surface area contributed by atoms with E-state index in [2.05, 4.69) is 27.4 Å². The van der Waals surface area contributed by atoms with Crippen LogP contribution < -0.4 is 0 Å². The average Bonchev–Trinajstić information content (AvgIpc) is 3.05. The van der Waals surface area contributed by atoms with E-state index in [1.165, 1.54) is 51.4 Å². The molecule has 2 N–H and O–H groups in total. The van der Waals surface area contributed by atoms with Gasteiger partial charge in [-0.1, -0.05) is 46.6 Å². The van der Waals surface area contributed by atoms with Crippen LogP contribution in [0.25, 0.3) is 0 Å². The van der Waals surface area contributed by atoms with Crippen LogP contribution in [0.2, 0.25) is 0 Å². The maximum absolute atomic E-state index is 11.3. The molecule has 170 valence electrons. The van der Waals surface area contributed by atoms with Crippen molar-refractivity contribution in [3.63, 3.8) is 0 Å². The summed E-state index contributed by atoms with van der Waals surface area (Å²) in [6.07, 6.45) is 14.2. The summed E-state index contributed by atoms with van der Waals surface area (Å²) in [5.41, 5.74) is 1.16. The number of carboxylic acids is 1. The number of aliphatic hydroxyl groups excluding tert-OH is 1. The van der Waals surface area contributed by atoms with Gasteiger partial charge in [0, 0.05) is 5.57 Å². The molecular weight excluding hydrogens is 372 g/mol. The molecule has 0 heterocycles. The van der Waals surface area contributed by atoms with Crippen molar-refractivity contribution in [1.82, 2.24) is 0 Å². The summed E-state index contributed by atoms with van der Waals surface area (Å²) >= 11 is 0. The Morgan fingerprint density at radius 3 is 2.53 bits per heavy atom. The first-order valence-corrected chi connectivity index (χ1v) is 12.8. The summed E-state index contributed by atoms with van der Waals surface area (Å²) < 4.78 is 0. The molecule has 0 aromatic heterocycles. The molecule has 30 heavy (non-hydrogen) atoms. The number of carbonyl (C=O) groups is 1. The van der Waals surface area contributed by atoms with Crippen LogP contribution in [0, 0.1) is 46.3 Å². The summed E-state index contributed by atoms with van der Waals surface area (Å²) in [6, 6.07) is 0. The van der Waals surface area contributed by atoms with Gasteiger partial charge in [-0.3, -0.25) is 0 Å². The number of aliphatic carboxylic acids is 1. The van der Waals surface area contributed by atoms with Crippen molar-refractivity contribution in [1.29, 1.82) is 0 Å². The Balaban J connectivity index is 1.46. The van der Waals surface area contributed by atoms with Crippen molar-refractivity contribution in [2.45, 2.75) is 104 Å². The lowest BCUT2D eigenvalue weighted by Gasteiger charge is -2.62. The van der Waals surface area contributed by atoms with Crippen molar-refractivity contribution in [3.8, 4) is 0 Å². The van der Waals surface area contributed by atoms with Gasteiger partial charge < -0.3 is 10.2 Å². The van der Waals surface area contributed by atoms with E-state index in [1.54, 1.807) is 0 Å². The number of aliphatic hydroxyl groups is 1. The monoisotopic (exact) mass is 416 g/mol. The van der Waals surface area contributed by atoms with E-state index in [-0.39, 0.29) is 6.10 Å². The fourth-order valence-corrected chi connectivity index (χ4v) is 9.18. The van der Waals surface area contributed by atoms with Gasteiger partial charge in [0.25, 0.3) is 0 Å². The zero-order chi connectivity index (χ0) is 21.7. The highest BCUT2D eigenvalue weighted by atomic mass is 16.4. The lowest BCUT2D eigenvalue weighted by atomic mass is 9.44. The highest BCUT2D eigenvalue weighted by Gasteiger charge is 2.62. The van der Waals surface area contributed by atoms with Gasteiger partial charge >= 0.3 is 5.97 Å². The van der Waals surface area contributed by atoms with Crippen LogP contribution in [0.1, 0.15) is 97.8 Å². The number of hydrogen-bond donors (Lipinski definition) is 2.